The predicted molar refractivity (Wildman–Crippen MR) is 64.5 cm³/mol. The van der Waals surface area contributed by atoms with Gasteiger partial charge < -0.3 is 0 Å². The van der Waals surface area contributed by atoms with Crippen molar-refractivity contribution in [2.45, 2.75) is 24.5 Å². The highest BCUT2D eigenvalue weighted by atomic mass is 79.9. The SMILES string of the molecule is O=S1(=O)CCCCC1c1ccc(Br)cc1. The van der Waals surface area contributed by atoms with E-state index < -0.39 is 9.84 Å². The van der Waals surface area contributed by atoms with Crippen molar-refractivity contribution in [3.8, 4) is 0 Å². The van der Waals surface area contributed by atoms with Crippen LogP contribution in [0.1, 0.15) is 30.1 Å². The highest BCUT2D eigenvalue weighted by Crippen LogP contribution is 2.33. The van der Waals surface area contributed by atoms with Crippen LogP contribution in [0.2, 0.25) is 0 Å². The Kier molecular flexibility index (Phi) is 3.16. The van der Waals surface area contributed by atoms with Crippen LogP contribution in [0.4, 0.5) is 0 Å². The Morgan fingerprint density at radius 2 is 1.80 bits per heavy atom. The maximum Gasteiger partial charge on any atom is 0.157 e. The van der Waals surface area contributed by atoms with Crippen molar-refractivity contribution in [2.24, 2.45) is 0 Å². The van der Waals surface area contributed by atoms with E-state index in [2.05, 4.69) is 15.9 Å². The summed E-state index contributed by atoms with van der Waals surface area (Å²) in [6.07, 6.45) is 2.60. The Morgan fingerprint density at radius 3 is 2.40 bits per heavy atom. The summed E-state index contributed by atoms with van der Waals surface area (Å²) in [4.78, 5) is 0. The fourth-order valence-electron chi connectivity index (χ4n) is 2.01. The molecule has 0 amide bonds. The molecule has 1 aliphatic heterocycles. The van der Waals surface area contributed by atoms with Crippen LogP contribution >= 0.6 is 15.9 Å². The molecule has 1 atom stereocenters. The van der Waals surface area contributed by atoms with Crippen LogP contribution in [0.15, 0.2) is 28.7 Å². The van der Waals surface area contributed by atoms with Crippen LogP contribution in [0.25, 0.3) is 0 Å². The molecule has 1 heterocycles. The molecule has 0 spiro atoms. The first-order valence-electron chi connectivity index (χ1n) is 5.06. The van der Waals surface area contributed by atoms with Gasteiger partial charge in [-0.1, -0.05) is 34.5 Å². The first-order valence-corrected chi connectivity index (χ1v) is 7.57. The van der Waals surface area contributed by atoms with Gasteiger partial charge in [0.25, 0.3) is 0 Å². The third kappa shape index (κ3) is 2.42. The van der Waals surface area contributed by atoms with Gasteiger partial charge in [-0.3, -0.25) is 0 Å². The molecule has 0 saturated carbocycles. The van der Waals surface area contributed by atoms with E-state index in [0.717, 1.165) is 29.3 Å². The fraction of sp³-hybridized carbons (Fsp3) is 0.455. The molecule has 1 fully saturated rings. The van der Waals surface area contributed by atoms with Crippen LogP contribution in [0, 0.1) is 0 Å². The molecule has 1 unspecified atom stereocenters. The lowest BCUT2D eigenvalue weighted by Crippen LogP contribution is -2.21. The van der Waals surface area contributed by atoms with E-state index in [9.17, 15) is 8.42 Å². The third-order valence-corrected chi connectivity index (χ3v) is 5.58. The summed E-state index contributed by atoms with van der Waals surface area (Å²) in [6, 6.07) is 7.61. The molecule has 2 nitrogen and oxygen atoms in total. The van der Waals surface area contributed by atoms with Gasteiger partial charge >= 0.3 is 0 Å². The lowest BCUT2D eigenvalue weighted by atomic mass is 10.1. The second kappa shape index (κ2) is 4.26. The molecular weight excluding hydrogens is 276 g/mol. The van der Waals surface area contributed by atoms with E-state index in [-0.39, 0.29) is 5.25 Å². The summed E-state index contributed by atoms with van der Waals surface area (Å²) in [6.45, 7) is 0. The Labute approximate surface area is 98.7 Å². The maximum absolute atomic E-state index is 11.9. The van der Waals surface area contributed by atoms with Crippen molar-refractivity contribution in [3.63, 3.8) is 0 Å². The van der Waals surface area contributed by atoms with Gasteiger partial charge in [0.15, 0.2) is 9.84 Å². The highest BCUT2D eigenvalue weighted by Gasteiger charge is 2.29. The number of hydrogen-bond acceptors (Lipinski definition) is 2. The zero-order valence-electron chi connectivity index (χ0n) is 8.32. The lowest BCUT2D eigenvalue weighted by Gasteiger charge is -2.22. The van der Waals surface area contributed by atoms with E-state index in [0.29, 0.717) is 5.75 Å². The van der Waals surface area contributed by atoms with Crippen LogP contribution in [0.3, 0.4) is 0 Å². The molecule has 1 aromatic carbocycles. The molecule has 2 rings (SSSR count). The first kappa shape index (κ1) is 11.1. The van der Waals surface area contributed by atoms with E-state index in [1.165, 1.54) is 0 Å². The zero-order valence-corrected chi connectivity index (χ0v) is 10.7. The van der Waals surface area contributed by atoms with E-state index in [1.54, 1.807) is 0 Å². The van der Waals surface area contributed by atoms with Crippen molar-refractivity contribution in [2.75, 3.05) is 5.75 Å². The van der Waals surface area contributed by atoms with Crippen molar-refractivity contribution in [3.05, 3.63) is 34.3 Å². The molecular formula is C11H13BrO2S. The average molecular weight is 289 g/mol. The van der Waals surface area contributed by atoms with E-state index >= 15 is 0 Å². The van der Waals surface area contributed by atoms with Gasteiger partial charge in [0.2, 0.25) is 0 Å². The van der Waals surface area contributed by atoms with E-state index in [1.807, 2.05) is 24.3 Å². The van der Waals surface area contributed by atoms with Crippen LogP contribution < -0.4 is 0 Å². The zero-order chi connectivity index (χ0) is 10.9. The normalized spacial score (nSPS) is 25.0. The van der Waals surface area contributed by atoms with Crippen molar-refractivity contribution in [1.29, 1.82) is 0 Å². The van der Waals surface area contributed by atoms with Crippen molar-refractivity contribution >= 4 is 25.8 Å². The maximum atomic E-state index is 11.9. The number of sulfone groups is 1. The van der Waals surface area contributed by atoms with Gasteiger partial charge in [-0.25, -0.2) is 8.42 Å². The van der Waals surface area contributed by atoms with Crippen molar-refractivity contribution in [1.82, 2.24) is 0 Å². The Morgan fingerprint density at radius 1 is 1.13 bits per heavy atom. The minimum Gasteiger partial charge on any atom is -0.228 e. The van der Waals surface area contributed by atoms with Crippen molar-refractivity contribution < 1.29 is 8.42 Å². The third-order valence-electron chi connectivity index (χ3n) is 2.82. The van der Waals surface area contributed by atoms with Gasteiger partial charge in [-0.15, -0.1) is 0 Å². The molecule has 0 aliphatic carbocycles. The molecule has 1 saturated heterocycles. The number of halogens is 1. The predicted octanol–water partition coefficient (Wildman–Crippen LogP) is 3.09. The van der Waals surface area contributed by atoms with Crippen LogP contribution in [-0.2, 0) is 9.84 Å². The van der Waals surface area contributed by atoms with Gasteiger partial charge in [0.1, 0.15) is 0 Å². The monoisotopic (exact) mass is 288 g/mol. The average Bonchev–Trinajstić information content (AvgIpc) is 2.19. The second-order valence-corrected chi connectivity index (χ2v) is 7.12. The summed E-state index contributed by atoms with van der Waals surface area (Å²) in [5.41, 5.74) is 0.929. The number of benzene rings is 1. The molecule has 0 radical (unpaired) electrons. The van der Waals surface area contributed by atoms with Crippen LogP contribution in [-0.4, -0.2) is 14.2 Å². The fourth-order valence-corrected chi connectivity index (χ4v) is 4.26. The molecule has 4 heteroatoms. The minimum atomic E-state index is -2.90. The number of rotatable bonds is 1. The Balaban J connectivity index is 2.33. The standard InChI is InChI=1S/C11H13BrO2S/c12-10-6-4-9(5-7-10)11-3-1-2-8-15(11,13)14/h4-7,11H,1-3,8H2. The molecule has 1 aliphatic rings. The molecule has 15 heavy (non-hydrogen) atoms. The second-order valence-electron chi connectivity index (χ2n) is 3.90. The molecule has 1 aromatic rings. The summed E-state index contributed by atoms with van der Waals surface area (Å²) in [5.74, 6) is 0.341. The molecule has 0 N–H and O–H groups in total. The summed E-state index contributed by atoms with van der Waals surface area (Å²) < 4.78 is 24.7. The Bertz CT molecular complexity index is 436. The minimum absolute atomic E-state index is 0.278. The quantitative estimate of drug-likeness (QED) is 0.796. The van der Waals surface area contributed by atoms with Gasteiger partial charge in [-0.05, 0) is 30.5 Å². The molecule has 0 bridgehead atoms. The smallest absolute Gasteiger partial charge is 0.157 e. The highest BCUT2D eigenvalue weighted by molar-refractivity contribution is 9.10. The summed E-state index contributed by atoms with van der Waals surface area (Å²) in [7, 11) is -2.90. The topological polar surface area (TPSA) is 34.1 Å². The Hall–Kier alpha value is -0.350. The first-order chi connectivity index (χ1) is 7.09. The molecule has 82 valence electrons. The van der Waals surface area contributed by atoms with E-state index in [4.69, 9.17) is 0 Å². The van der Waals surface area contributed by atoms with Crippen LogP contribution in [0.5, 0.6) is 0 Å². The largest absolute Gasteiger partial charge is 0.228 e. The molecule has 0 aromatic heterocycles. The van der Waals surface area contributed by atoms with Gasteiger partial charge in [0.05, 0.1) is 11.0 Å². The van der Waals surface area contributed by atoms with Gasteiger partial charge in [0, 0.05) is 4.47 Å². The number of hydrogen-bond donors (Lipinski definition) is 0. The summed E-state index contributed by atoms with van der Waals surface area (Å²) >= 11 is 3.35. The summed E-state index contributed by atoms with van der Waals surface area (Å²) in [5, 5.41) is -0.278. The van der Waals surface area contributed by atoms with Gasteiger partial charge in [-0.2, -0.15) is 0 Å². The lowest BCUT2D eigenvalue weighted by molar-refractivity contribution is 0.546.